The number of rotatable bonds is 11. The minimum absolute atomic E-state index is 0. The van der Waals surface area contributed by atoms with Crippen molar-refractivity contribution < 1.29 is 61.3 Å². The molecule has 2 aromatic rings. The van der Waals surface area contributed by atoms with Crippen molar-refractivity contribution in [3.05, 3.63) is 90.3 Å². The fourth-order valence-electron chi connectivity index (χ4n) is 5.00. The number of hydrogen-bond acceptors (Lipinski definition) is 4. The Morgan fingerprint density at radius 3 is 2.07 bits per heavy atom. The molecule has 2 aromatic carbocycles. The summed E-state index contributed by atoms with van der Waals surface area (Å²) >= 11 is 0. The molecular formula is C37H57KN2O2-2. The van der Waals surface area contributed by atoms with Gasteiger partial charge in [0.25, 0.3) is 0 Å². The number of piperidine rings is 1. The van der Waals surface area contributed by atoms with Crippen LogP contribution >= 0.6 is 0 Å². The number of aliphatic hydroxyl groups is 1. The fraction of sp³-hybridized carbons (Fsp3) is 0.541. The summed E-state index contributed by atoms with van der Waals surface area (Å²) in [5, 5.41) is 10.6. The van der Waals surface area contributed by atoms with Gasteiger partial charge in [-0.3, -0.25) is 0 Å². The Labute approximate surface area is 301 Å². The smallest absolute Gasteiger partial charge is 0.400 e. The van der Waals surface area contributed by atoms with Crippen LogP contribution in [0.15, 0.2) is 54.7 Å². The third-order valence-corrected chi connectivity index (χ3v) is 7.70. The standard InChI is InChI=1S/C19H24N2O.C13H20.C4H9.CH4O.K/c1-14(2)21-10-8-17(9-11-21)20-18-6-7-19(15-4-3-5-15)16(12-18)13-22;1-3-5-9-13-11-7-6-10-12(13)8-4-2;1-3-4-2;1-2;/h3,6-7,12,15,17,20H,1,4-5,8-11H2,2H3;6-7,10-11H,3-5,8-9H2,1-2H3;1,3-4H2,2H3;2H,1H3;/q-2;;-1;;+1. The van der Waals surface area contributed by atoms with E-state index in [1.165, 1.54) is 38.5 Å². The second-order valence-corrected chi connectivity index (χ2v) is 11.0. The number of nitrogens with one attached hydrogen (secondary N) is 1. The van der Waals surface area contributed by atoms with Crippen LogP contribution in [0.5, 0.6) is 0 Å². The molecule has 2 N–H and O–H groups in total. The van der Waals surface area contributed by atoms with Gasteiger partial charge in [-0.15, -0.1) is 29.2 Å². The number of carbonyl (C=O) groups excluding carboxylic acids is 1. The van der Waals surface area contributed by atoms with Crippen molar-refractivity contribution in [2.75, 3.05) is 25.5 Å². The van der Waals surface area contributed by atoms with Gasteiger partial charge < -0.3 is 33.5 Å². The van der Waals surface area contributed by atoms with Crippen LogP contribution in [0.25, 0.3) is 0 Å². The van der Waals surface area contributed by atoms with E-state index < -0.39 is 0 Å². The predicted octanol–water partition coefficient (Wildman–Crippen LogP) is 5.85. The molecule has 1 heterocycles. The van der Waals surface area contributed by atoms with E-state index in [4.69, 9.17) is 5.11 Å². The second-order valence-electron chi connectivity index (χ2n) is 11.0. The van der Waals surface area contributed by atoms with E-state index in [9.17, 15) is 4.79 Å². The van der Waals surface area contributed by atoms with Crippen LogP contribution < -0.4 is 56.7 Å². The van der Waals surface area contributed by atoms with Crippen LogP contribution in [0.1, 0.15) is 114 Å². The van der Waals surface area contributed by atoms with Crippen molar-refractivity contribution >= 4 is 12.0 Å². The summed E-state index contributed by atoms with van der Waals surface area (Å²) in [6.07, 6.45) is 17.4. The van der Waals surface area contributed by atoms with E-state index in [-0.39, 0.29) is 51.4 Å². The first-order valence-electron chi connectivity index (χ1n) is 15.8. The van der Waals surface area contributed by atoms with Crippen LogP contribution in [-0.2, 0) is 17.6 Å². The van der Waals surface area contributed by atoms with Crippen molar-refractivity contribution in [1.29, 1.82) is 0 Å². The number of aliphatic hydroxyl groups excluding tert-OH is 1. The summed E-state index contributed by atoms with van der Waals surface area (Å²) in [5.74, 6) is 0.518. The minimum Gasteiger partial charge on any atom is -0.400 e. The Kier molecular flexibility index (Phi) is 24.8. The van der Waals surface area contributed by atoms with Gasteiger partial charge in [-0.2, -0.15) is 19.3 Å². The predicted molar refractivity (Wildman–Crippen MR) is 178 cm³/mol. The quantitative estimate of drug-likeness (QED) is 0.251. The molecule has 0 spiro atoms. The summed E-state index contributed by atoms with van der Waals surface area (Å²) in [6.45, 7) is 18.4. The number of anilines is 1. The van der Waals surface area contributed by atoms with Gasteiger partial charge in [0.2, 0.25) is 0 Å². The maximum atomic E-state index is 11.3. The SMILES string of the molecule is C=C(C)N1CCC(Nc2ccc(C3C[CH-]C3)c([C-]=O)c2)CC1.CCCCc1ccccc1CCC.CO.[CH2-]CCC.[K+]. The molecule has 0 aromatic heterocycles. The molecule has 230 valence electrons. The van der Waals surface area contributed by atoms with E-state index in [2.05, 4.69) is 101 Å². The van der Waals surface area contributed by atoms with Gasteiger partial charge in [-0.1, -0.05) is 76.9 Å². The summed E-state index contributed by atoms with van der Waals surface area (Å²) < 4.78 is 0. The average Bonchev–Trinajstić information content (AvgIpc) is 2.98. The molecule has 0 atom stereocenters. The van der Waals surface area contributed by atoms with Crippen LogP contribution in [0, 0.1) is 13.3 Å². The van der Waals surface area contributed by atoms with E-state index in [0.717, 1.165) is 74.8 Å². The van der Waals surface area contributed by atoms with E-state index in [1.54, 1.807) is 11.1 Å². The molecule has 0 radical (unpaired) electrons. The molecule has 4 rings (SSSR count). The van der Waals surface area contributed by atoms with Crippen molar-refractivity contribution in [3.8, 4) is 0 Å². The number of nitrogens with zero attached hydrogens (tertiary/aromatic N) is 1. The minimum atomic E-state index is 0. The summed E-state index contributed by atoms with van der Waals surface area (Å²) in [4.78, 5) is 13.6. The number of allylic oxidation sites excluding steroid dienone is 1. The Bertz CT molecular complexity index is 979. The van der Waals surface area contributed by atoms with Crippen molar-refractivity contribution in [3.63, 3.8) is 0 Å². The molecule has 0 unspecified atom stereocenters. The third-order valence-electron chi connectivity index (χ3n) is 7.70. The number of benzene rings is 2. The maximum Gasteiger partial charge on any atom is 1.00 e. The van der Waals surface area contributed by atoms with Gasteiger partial charge in [0, 0.05) is 31.9 Å². The Morgan fingerprint density at radius 2 is 1.62 bits per heavy atom. The Balaban J connectivity index is 0.000000718. The number of unbranched alkanes of at least 4 members (excludes halogenated alkanes) is 2. The zero-order chi connectivity index (χ0) is 30.5. The summed E-state index contributed by atoms with van der Waals surface area (Å²) in [7, 11) is 1.00. The first-order chi connectivity index (χ1) is 20.0. The Hall–Kier alpha value is -0.954. The molecular weight excluding hydrogens is 544 g/mol. The van der Waals surface area contributed by atoms with Crippen LogP contribution in [-0.4, -0.2) is 42.5 Å². The van der Waals surface area contributed by atoms with Crippen LogP contribution in [0.3, 0.4) is 0 Å². The molecule has 0 amide bonds. The molecule has 5 heteroatoms. The first-order valence-corrected chi connectivity index (χ1v) is 15.8. The number of hydrogen-bond donors (Lipinski definition) is 2. The van der Waals surface area contributed by atoms with Crippen molar-refractivity contribution in [2.45, 2.75) is 110 Å². The molecule has 1 aliphatic heterocycles. The second kappa shape index (κ2) is 25.4. The van der Waals surface area contributed by atoms with E-state index in [0.29, 0.717) is 12.0 Å². The molecule has 1 saturated carbocycles. The summed E-state index contributed by atoms with van der Waals surface area (Å²) in [5.41, 5.74) is 7.18. The number of likely N-dealkylation sites (tertiary alicyclic amines) is 1. The van der Waals surface area contributed by atoms with E-state index in [1.807, 2.05) is 6.07 Å². The summed E-state index contributed by atoms with van der Waals surface area (Å²) in [6, 6.07) is 15.5. The van der Waals surface area contributed by atoms with Gasteiger partial charge in [-0.25, -0.2) is 0 Å². The van der Waals surface area contributed by atoms with Crippen molar-refractivity contribution in [1.82, 2.24) is 4.90 Å². The molecule has 2 fully saturated rings. The van der Waals surface area contributed by atoms with Gasteiger partial charge >= 0.3 is 51.4 Å². The average molecular weight is 601 g/mol. The van der Waals surface area contributed by atoms with Crippen LogP contribution in [0.2, 0.25) is 0 Å². The monoisotopic (exact) mass is 600 g/mol. The van der Waals surface area contributed by atoms with Crippen LogP contribution in [0.4, 0.5) is 5.69 Å². The third kappa shape index (κ3) is 15.2. The molecule has 0 bridgehead atoms. The van der Waals surface area contributed by atoms with Crippen molar-refractivity contribution in [2.24, 2.45) is 0 Å². The zero-order valence-corrected chi connectivity index (χ0v) is 30.8. The van der Waals surface area contributed by atoms with Gasteiger partial charge in [0.05, 0.1) is 6.29 Å². The van der Waals surface area contributed by atoms with E-state index >= 15 is 0 Å². The number of aryl methyl sites for hydroxylation is 2. The first kappa shape index (κ1) is 41.0. The van der Waals surface area contributed by atoms with Gasteiger partial charge in [0.15, 0.2) is 0 Å². The fourth-order valence-corrected chi connectivity index (χ4v) is 5.00. The molecule has 42 heavy (non-hydrogen) atoms. The topological polar surface area (TPSA) is 52.6 Å². The Morgan fingerprint density at radius 1 is 1.02 bits per heavy atom. The molecule has 2 aliphatic rings. The van der Waals surface area contributed by atoms with Gasteiger partial charge in [0.1, 0.15) is 0 Å². The molecule has 1 saturated heterocycles. The zero-order valence-electron chi connectivity index (χ0n) is 27.7. The van der Waals surface area contributed by atoms with Gasteiger partial charge in [-0.05, 0) is 55.8 Å². The largest absolute Gasteiger partial charge is 1.00 e. The maximum absolute atomic E-state index is 11.3. The normalized spacial score (nSPS) is 14.3. The molecule has 1 aliphatic carbocycles. The molecule has 4 nitrogen and oxygen atoms in total.